The minimum Gasteiger partial charge on any atom is -0.473 e. The average Bonchev–Trinajstić information content (AvgIpc) is 2.58. The van der Waals surface area contributed by atoms with Crippen LogP contribution in [0.3, 0.4) is 0 Å². The molecule has 5 aliphatic rings. The second-order valence-corrected chi connectivity index (χ2v) is 7.37. The van der Waals surface area contributed by atoms with Crippen LogP contribution < -0.4 is 0 Å². The molecule has 1 unspecified atom stereocenters. The van der Waals surface area contributed by atoms with E-state index in [4.69, 9.17) is 4.74 Å². The molecule has 4 saturated carbocycles. The van der Waals surface area contributed by atoms with Gasteiger partial charge in [0.15, 0.2) is 5.90 Å². The topological polar surface area (TPSA) is 21.6 Å². The highest BCUT2D eigenvalue weighted by Crippen LogP contribution is 2.64. The lowest BCUT2D eigenvalue weighted by Gasteiger charge is -2.61. The SMILES string of the molecule is CC1=NCC(C)(C23CC4CC(CC(C4)C2)C3)O1. The van der Waals surface area contributed by atoms with Crippen LogP contribution in [0.1, 0.15) is 52.4 Å². The van der Waals surface area contributed by atoms with Crippen LogP contribution in [0.5, 0.6) is 0 Å². The third-order valence-electron chi connectivity index (χ3n) is 6.14. The number of ether oxygens (including phenoxy) is 1. The molecule has 0 N–H and O–H groups in total. The van der Waals surface area contributed by atoms with Crippen LogP contribution in [0.15, 0.2) is 4.99 Å². The van der Waals surface area contributed by atoms with Gasteiger partial charge in [0, 0.05) is 12.3 Å². The van der Waals surface area contributed by atoms with Gasteiger partial charge in [-0.2, -0.15) is 0 Å². The van der Waals surface area contributed by atoms with Crippen molar-refractivity contribution in [3.05, 3.63) is 0 Å². The van der Waals surface area contributed by atoms with Crippen LogP contribution in [0.4, 0.5) is 0 Å². The van der Waals surface area contributed by atoms with Crippen LogP contribution in [-0.4, -0.2) is 18.0 Å². The van der Waals surface area contributed by atoms with E-state index in [9.17, 15) is 0 Å². The lowest BCUT2D eigenvalue weighted by molar-refractivity contribution is -0.152. The lowest BCUT2D eigenvalue weighted by atomic mass is 9.45. The third kappa shape index (κ3) is 1.30. The quantitative estimate of drug-likeness (QED) is 0.680. The van der Waals surface area contributed by atoms with Crippen LogP contribution in [0, 0.1) is 23.2 Å². The summed E-state index contributed by atoms with van der Waals surface area (Å²) in [5.41, 5.74) is 0.482. The van der Waals surface area contributed by atoms with Gasteiger partial charge in [0.05, 0.1) is 6.54 Å². The van der Waals surface area contributed by atoms with E-state index in [-0.39, 0.29) is 5.60 Å². The van der Waals surface area contributed by atoms with Crippen LogP contribution in [0.25, 0.3) is 0 Å². The van der Waals surface area contributed by atoms with Gasteiger partial charge in [0.1, 0.15) is 5.60 Å². The van der Waals surface area contributed by atoms with Crippen LogP contribution in [0.2, 0.25) is 0 Å². The summed E-state index contributed by atoms with van der Waals surface area (Å²) in [6.45, 7) is 5.26. The maximum Gasteiger partial charge on any atom is 0.180 e. The molecule has 4 fully saturated rings. The van der Waals surface area contributed by atoms with Crippen molar-refractivity contribution in [2.45, 2.75) is 58.0 Å². The zero-order valence-corrected chi connectivity index (χ0v) is 11.0. The highest BCUT2D eigenvalue weighted by atomic mass is 16.5. The van der Waals surface area contributed by atoms with E-state index >= 15 is 0 Å². The average molecular weight is 233 g/mol. The Morgan fingerprint density at radius 1 is 1.06 bits per heavy atom. The molecule has 0 aromatic carbocycles. The minimum atomic E-state index is 0.0209. The summed E-state index contributed by atoms with van der Waals surface area (Å²) in [4.78, 5) is 4.54. The second kappa shape index (κ2) is 3.07. The number of hydrogen-bond donors (Lipinski definition) is 0. The molecule has 5 rings (SSSR count). The molecule has 0 saturated heterocycles. The molecule has 0 radical (unpaired) electrons. The maximum atomic E-state index is 6.18. The number of nitrogens with zero attached hydrogens (tertiary/aromatic N) is 1. The molecule has 0 spiro atoms. The number of hydrogen-bond acceptors (Lipinski definition) is 2. The van der Waals surface area contributed by atoms with E-state index in [1.807, 2.05) is 6.92 Å². The Bertz CT molecular complexity index is 351. The first kappa shape index (κ1) is 10.4. The van der Waals surface area contributed by atoms with E-state index in [0.717, 1.165) is 30.2 Å². The van der Waals surface area contributed by atoms with Gasteiger partial charge in [-0.15, -0.1) is 0 Å². The third-order valence-corrected chi connectivity index (χ3v) is 6.14. The highest BCUT2D eigenvalue weighted by molar-refractivity contribution is 5.75. The molecule has 0 aromatic rings. The standard InChI is InChI=1S/C15H23NO/c1-10-16-9-14(2,17-10)15-6-11-3-12(7-15)5-13(4-11)8-15/h11-13H,3-9H2,1-2H3. The molecule has 2 nitrogen and oxygen atoms in total. The van der Waals surface area contributed by atoms with E-state index in [2.05, 4.69) is 11.9 Å². The van der Waals surface area contributed by atoms with Gasteiger partial charge in [-0.3, -0.25) is 4.99 Å². The summed E-state index contributed by atoms with van der Waals surface area (Å²) >= 11 is 0. The van der Waals surface area contributed by atoms with Crippen molar-refractivity contribution in [1.82, 2.24) is 0 Å². The van der Waals surface area contributed by atoms with Crippen molar-refractivity contribution in [3.63, 3.8) is 0 Å². The summed E-state index contributed by atoms with van der Waals surface area (Å²) in [6, 6.07) is 0. The lowest BCUT2D eigenvalue weighted by Crippen LogP contribution is -2.58. The Morgan fingerprint density at radius 2 is 1.59 bits per heavy atom. The maximum absolute atomic E-state index is 6.18. The summed E-state index contributed by atoms with van der Waals surface area (Å²) in [5, 5.41) is 0. The Labute approximate surface area is 104 Å². The van der Waals surface area contributed by atoms with Crippen molar-refractivity contribution in [3.8, 4) is 0 Å². The predicted molar refractivity (Wildman–Crippen MR) is 68.1 cm³/mol. The predicted octanol–water partition coefficient (Wildman–Crippen LogP) is 3.41. The van der Waals surface area contributed by atoms with Crippen molar-refractivity contribution in [2.24, 2.45) is 28.2 Å². The summed E-state index contributed by atoms with van der Waals surface area (Å²) < 4.78 is 6.18. The second-order valence-electron chi connectivity index (χ2n) is 7.37. The first-order chi connectivity index (χ1) is 8.09. The fourth-order valence-electron chi connectivity index (χ4n) is 5.69. The van der Waals surface area contributed by atoms with Gasteiger partial charge >= 0.3 is 0 Å². The van der Waals surface area contributed by atoms with Crippen molar-refractivity contribution < 1.29 is 4.74 Å². The summed E-state index contributed by atoms with van der Waals surface area (Å²) in [5.74, 6) is 3.93. The zero-order chi connectivity index (χ0) is 11.7. The van der Waals surface area contributed by atoms with Crippen LogP contribution in [-0.2, 0) is 4.74 Å². The normalized spacial score (nSPS) is 55.9. The fourth-order valence-corrected chi connectivity index (χ4v) is 5.69. The van der Waals surface area contributed by atoms with Crippen molar-refractivity contribution >= 4 is 5.90 Å². The monoisotopic (exact) mass is 233 g/mol. The first-order valence-corrected chi connectivity index (χ1v) is 7.29. The molecule has 17 heavy (non-hydrogen) atoms. The molecule has 4 aliphatic carbocycles. The molecule has 2 heteroatoms. The Kier molecular flexibility index (Phi) is 1.88. The van der Waals surface area contributed by atoms with Gasteiger partial charge in [-0.05, 0) is 63.2 Å². The van der Waals surface area contributed by atoms with Gasteiger partial charge in [-0.1, -0.05) is 0 Å². The number of rotatable bonds is 1. The summed E-state index contributed by atoms with van der Waals surface area (Å²) in [7, 11) is 0. The van der Waals surface area contributed by atoms with E-state index < -0.39 is 0 Å². The molecule has 94 valence electrons. The first-order valence-electron chi connectivity index (χ1n) is 7.29. The molecule has 1 aliphatic heterocycles. The molecule has 0 amide bonds. The van der Waals surface area contributed by atoms with Crippen LogP contribution >= 0.6 is 0 Å². The van der Waals surface area contributed by atoms with E-state index in [0.29, 0.717) is 5.41 Å². The van der Waals surface area contributed by atoms with Gasteiger partial charge < -0.3 is 4.74 Å². The Balaban J connectivity index is 1.69. The smallest absolute Gasteiger partial charge is 0.180 e. The number of aliphatic imine (C=N–C) groups is 1. The van der Waals surface area contributed by atoms with Crippen molar-refractivity contribution in [2.75, 3.05) is 6.54 Å². The van der Waals surface area contributed by atoms with Gasteiger partial charge in [-0.25, -0.2) is 0 Å². The summed E-state index contributed by atoms with van der Waals surface area (Å²) in [6.07, 6.45) is 8.77. The molecule has 0 aromatic heterocycles. The van der Waals surface area contributed by atoms with Gasteiger partial charge in [0.25, 0.3) is 0 Å². The molecule has 4 bridgehead atoms. The van der Waals surface area contributed by atoms with E-state index in [1.165, 1.54) is 38.5 Å². The van der Waals surface area contributed by atoms with E-state index in [1.54, 1.807) is 0 Å². The largest absolute Gasteiger partial charge is 0.473 e. The molecular formula is C15H23NO. The Hall–Kier alpha value is -0.530. The molecular weight excluding hydrogens is 210 g/mol. The highest BCUT2D eigenvalue weighted by Gasteiger charge is 2.61. The zero-order valence-electron chi connectivity index (χ0n) is 11.0. The Morgan fingerprint density at radius 3 is 2.00 bits per heavy atom. The minimum absolute atomic E-state index is 0.0209. The molecule has 1 atom stereocenters. The van der Waals surface area contributed by atoms with Gasteiger partial charge in [0.2, 0.25) is 0 Å². The van der Waals surface area contributed by atoms with Crippen molar-refractivity contribution in [1.29, 1.82) is 0 Å². The molecule has 1 heterocycles. The fraction of sp³-hybridized carbons (Fsp3) is 0.933.